The summed E-state index contributed by atoms with van der Waals surface area (Å²) in [6, 6.07) is 12.7. The molecule has 0 radical (unpaired) electrons. The molecule has 0 aliphatic rings. The van der Waals surface area contributed by atoms with E-state index in [0.717, 1.165) is 27.7 Å². The van der Waals surface area contributed by atoms with Crippen molar-refractivity contribution in [1.29, 1.82) is 0 Å². The number of fused-ring (bicyclic) bond motifs is 1. The highest BCUT2D eigenvalue weighted by atomic mass is 35.5. The van der Waals surface area contributed by atoms with E-state index in [9.17, 15) is 0 Å². The third kappa shape index (κ3) is 3.83. The lowest BCUT2D eigenvalue weighted by Gasteiger charge is -2.13. The molecule has 0 saturated heterocycles. The minimum absolute atomic E-state index is 0.532. The Balaban J connectivity index is 1.93. The Morgan fingerprint density at radius 2 is 1.63 bits per heavy atom. The molecule has 0 atom stereocenters. The van der Waals surface area contributed by atoms with Crippen LogP contribution in [-0.4, -0.2) is 15.0 Å². The Morgan fingerprint density at radius 1 is 0.889 bits per heavy atom. The van der Waals surface area contributed by atoms with E-state index in [1.807, 2.05) is 31.2 Å². The molecule has 2 aromatic carbocycles. The number of anilines is 2. The second-order valence-corrected chi connectivity index (χ2v) is 7.35. The maximum absolute atomic E-state index is 6.27. The number of hydrogen-bond acceptors (Lipinski definition) is 4. The topological polar surface area (TPSA) is 50.7 Å². The maximum Gasteiger partial charge on any atom is 0.163 e. The molecule has 2 aromatic heterocycles. The molecule has 0 bridgehead atoms. The first kappa shape index (κ1) is 18.0. The number of halogens is 3. The number of pyridine rings is 1. The van der Waals surface area contributed by atoms with E-state index in [1.54, 1.807) is 30.6 Å². The Morgan fingerprint density at radius 3 is 2.33 bits per heavy atom. The van der Waals surface area contributed by atoms with Crippen LogP contribution in [0.25, 0.3) is 22.3 Å². The van der Waals surface area contributed by atoms with Crippen LogP contribution in [0.15, 0.2) is 54.9 Å². The van der Waals surface area contributed by atoms with Gasteiger partial charge >= 0.3 is 0 Å². The first-order valence-electron chi connectivity index (χ1n) is 8.11. The minimum Gasteiger partial charge on any atom is -0.340 e. The van der Waals surface area contributed by atoms with E-state index in [-0.39, 0.29) is 0 Å². The van der Waals surface area contributed by atoms with E-state index in [2.05, 4.69) is 10.3 Å². The van der Waals surface area contributed by atoms with Crippen LogP contribution in [0, 0.1) is 6.92 Å². The van der Waals surface area contributed by atoms with E-state index in [1.165, 1.54) is 0 Å². The summed E-state index contributed by atoms with van der Waals surface area (Å²) in [5.74, 6) is 1.18. The van der Waals surface area contributed by atoms with Crippen molar-refractivity contribution in [1.82, 2.24) is 15.0 Å². The van der Waals surface area contributed by atoms with Crippen LogP contribution in [0.3, 0.4) is 0 Å². The molecule has 4 aromatic rings. The SMILES string of the molecule is Cc1cc(Cl)cc2c(Nc3cc(Cl)cc(Cl)c3)nc(-c3cccnc3)nc12. The van der Waals surface area contributed by atoms with Crippen molar-refractivity contribution < 1.29 is 0 Å². The first-order chi connectivity index (χ1) is 13.0. The fourth-order valence-electron chi connectivity index (χ4n) is 2.84. The predicted octanol–water partition coefficient (Wildman–Crippen LogP) is 6.70. The van der Waals surface area contributed by atoms with Gasteiger partial charge in [0.1, 0.15) is 5.82 Å². The molecule has 7 heteroatoms. The fourth-order valence-corrected chi connectivity index (χ4v) is 3.64. The number of rotatable bonds is 3. The van der Waals surface area contributed by atoms with Gasteiger partial charge in [0.15, 0.2) is 5.82 Å². The molecular formula is C20H13Cl3N4. The van der Waals surface area contributed by atoms with E-state index in [4.69, 9.17) is 44.8 Å². The quantitative estimate of drug-likeness (QED) is 0.404. The molecule has 0 amide bonds. The third-order valence-electron chi connectivity index (χ3n) is 4.00. The average molecular weight is 416 g/mol. The second kappa shape index (κ2) is 7.31. The molecule has 0 spiro atoms. The summed E-state index contributed by atoms with van der Waals surface area (Å²) in [6.45, 7) is 1.97. The summed E-state index contributed by atoms with van der Waals surface area (Å²) < 4.78 is 0. The molecule has 1 N–H and O–H groups in total. The Kier molecular flexibility index (Phi) is 4.87. The van der Waals surface area contributed by atoms with E-state index < -0.39 is 0 Å². The summed E-state index contributed by atoms with van der Waals surface area (Å²) >= 11 is 18.5. The number of nitrogens with zero attached hydrogens (tertiary/aromatic N) is 3. The molecule has 2 heterocycles. The highest BCUT2D eigenvalue weighted by Gasteiger charge is 2.13. The molecular weight excluding hydrogens is 403 g/mol. The minimum atomic E-state index is 0.532. The molecule has 27 heavy (non-hydrogen) atoms. The number of hydrogen-bond donors (Lipinski definition) is 1. The van der Waals surface area contributed by atoms with Gasteiger partial charge in [0.05, 0.1) is 5.52 Å². The van der Waals surface area contributed by atoms with Gasteiger partial charge in [-0.1, -0.05) is 34.8 Å². The fraction of sp³-hybridized carbons (Fsp3) is 0.0500. The van der Waals surface area contributed by atoms with Gasteiger partial charge in [-0.05, 0) is 55.0 Å². The van der Waals surface area contributed by atoms with Crippen LogP contribution in [-0.2, 0) is 0 Å². The summed E-state index contributed by atoms with van der Waals surface area (Å²) in [6.07, 6.45) is 3.44. The maximum atomic E-state index is 6.27. The van der Waals surface area contributed by atoms with Gasteiger partial charge in [0.2, 0.25) is 0 Å². The lowest BCUT2D eigenvalue weighted by atomic mass is 10.1. The van der Waals surface area contributed by atoms with E-state index in [0.29, 0.717) is 26.7 Å². The molecule has 134 valence electrons. The zero-order valence-corrected chi connectivity index (χ0v) is 16.4. The van der Waals surface area contributed by atoms with Gasteiger partial charge in [-0.2, -0.15) is 0 Å². The largest absolute Gasteiger partial charge is 0.340 e. The van der Waals surface area contributed by atoms with Crippen molar-refractivity contribution in [3.8, 4) is 11.4 Å². The van der Waals surface area contributed by atoms with Crippen molar-refractivity contribution >= 4 is 57.2 Å². The summed E-state index contributed by atoms with van der Waals surface area (Å²) in [7, 11) is 0. The van der Waals surface area contributed by atoms with Crippen molar-refractivity contribution in [2.45, 2.75) is 6.92 Å². The van der Waals surface area contributed by atoms with Crippen LogP contribution in [0.1, 0.15) is 5.56 Å². The molecule has 0 aliphatic carbocycles. The highest BCUT2D eigenvalue weighted by molar-refractivity contribution is 6.35. The lowest BCUT2D eigenvalue weighted by Crippen LogP contribution is -2.01. The van der Waals surface area contributed by atoms with Crippen LogP contribution in [0.5, 0.6) is 0 Å². The zero-order valence-electron chi connectivity index (χ0n) is 14.2. The van der Waals surface area contributed by atoms with Gasteiger partial charge in [0, 0.05) is 44.1 Å². The second-order valence-electron chi connectivity index (χ2n) is 6.04. The van der Waals surface area contributed by atoms with Crippen LogP contribution in [0.2, 0.25) is 15.1 Å². The van der Waals surface area contributed by atoms with Crippen molar-refractivity contribution in [2.75, 3.05) is 5.32 Å². The van der Waals surface area contributed by atoms with Crippen LogP contribution >= 0.6 is 34.8 Å². The van der Waals surface area contributed by atoms with Gasteiger partial charge in [-0.25, -0.2) is 9.97 Å². The molecule has 4 rings (SSSR count). The lowest BCUT2D eigenvalue weighted by molar-refractivity contribution is 1.20. The smallest absolute Gasteiger partial charge is 0.163 e. The molecule has 0 fully saturated rings. The first-order valence-corrected chi connectivity index (χ1v) is 9.24. The number of aryl methyl sites for hydroxylation is 1. The van der Waals surface area contributed by atoms with E-state index >= 15 is 0 Å². The predicted molar refractivity (Wildman–Crippen MR) is 112 cm³/mol. The van der Waals surface area contributed by atoms with Crippen LogP contribution in [0.4, 0.5) is 11.5 Å². The molecule has 0 saturated carbocycles. The van der Waals surface area contributed by atoms with Crippen molar-refractivity contribution in [3.63, 3.8) is 0 Å². The normalized spacial score (nSPS) is 11.0. The van der Waals surface area contributed by atoms with Gasteiger partial charge in [0.25, 0.3) is 0 Å². The standard InChI is InChI=1S/C20H13Cl3N4/c1-11-5-13(21)9-17-18(11)26-19(12-3-2-4-24-10-12)27-20(17)25-16-7-14(22)6-15(23)8-16/h2-10H,1H3,(H,25,26,27). The Hall–Kier alpha value is -2.40. The zero-order chi connectivity index (χ0) is 19.0. The van der Waals surface area contributed by atoms with Crippen molar-refractivity contribution in [2.24, 2.45) is 0 Å². The average Bonchev–Trinajstić information content (AvgIpc) is 2.62. The highest BCUT2D eigenvalue weighted by Crippen LogP contribution is 2.32. The third-order valence-corrected chi connectivity index (χ3v) is 4.66. The molecule has 0 unspecified atom stereocenters. The summed E-state index contributed by atoms with van der Waals surface area (Å²) in [5.41, 5.74) is 3.31. The summed E-state index contributed by atoms with van der Waals surface area (Å²) in [5, 5.41) is 5.78. The van der Waals surface area contributed by atoms with Gasteiger partial charge in [-0.3, -0.25) is 4.98 Å². The Labute approximate surface area is 171 Å². The summed E-state index contributed by atoms with van der Waals surface area (Å²) in [4.78, 5) is 13.6. The number of nitrogens with one attached hydrogen (secondary N) is 1. The van der Waals surface area contributed by atoms with Gasteiger partial charge < -0.3 is 5.32 Å². The molecule has 4 nitrogen and oxygen atoms in total. The van der Waals surface area contributed by atoms with Crippen LogP contribution < -0.4 is 5.32 Å². The molecule has 0 aliphatic heterocycles. The number of benzene rings is 2. The van der Waals surface area contributed by atoms with Gasteiger partial charge in [-0.15, -0.1) is 0 Å². The monoisotopic (exact) mass is 414 g/mol. The Bertz CT molecular complexity index is 1130. The number of aromatic nitrogens is 3. The van der Waals surface area contributed by atoms with Crippen molar-refractivity contribution in [3.05, 3.63) is 75.5 Å².